The van der Waals surface area contributed by atoms with Crippen molar-refractivity contribution in [3.05, 3.63) is 52.0 Å². The Labute approximate surface area is 138 Å². The maximum absolute atomic E-state index is 12.3. The molecule has 2 unspecified atom stereocenters. The summed E-state index contributed by atoms with van der Waals surface area (Å²) in [5.41, 5.74) is 10.8. The molecule has 23 heavy (non-hydrogen) atoms. The Hall–Kier alpha value is -2.04. The third kappa shape index (κ3) is 2.92. The van der Waals surface area contributed by atoms with Crippen molar-refractivity contribution in [3.63, 3.8) is 0 Å². The average molecular weight is 315 g/mol. The van der Waals surface area contributed by atoms with Gasteiger partial charge in [-0.3, -0.25) is 5.73 Å². The Balaban J connectivity index is 1.86. The molecule has 2 atom stereocenters. The monoisotopic (exact) mass is 315 g/mol. The van der Waals surface area contributed by atoms with Gasteiger partial charge in [0.25, 0.3) is 0 Å². The largest absolute Gasteiger partial charge is 0.380 e. The minimum absolute atomic E-state index is 0.123. The van der Waals surface area contributed by atoms with Gasteiger partial charge >= 0.3 is 5.82 Å². The van der Waals surface area contributed by atoms with Crippen molar-refractivity contribution in [3.8, 4) is 0 Å². The van der Waals surface area contributed by atoms with Gasteiger partial charge in [0, 0.05) is 19.4 Å². The number of hydrogen-bond donors (Lipinski definition) is 3. The SMILES string of the molecule is C=CCC1CC2NC3=C(CCCCC)CNC3=CC2=C(N)[N+]1=O. The van der Waals surface area contributed by atoms with Crippen LogP contribution in [0.15, 0.2) is 47.1 Å². The number of nitrogens with zero attached hydrogens (tertiary/aromatic N) is 1. The zero-order chi connectivity index (χ0) is 16.4. The first-order valence-corrected chi connectivity index (χ1v) is 8.67. The van der Waals surface area contributed by atoms with Gasteiger partial charge in [-0.2, -0.15) is 0 Å². The first-order valence-electron chi connectivity index (χ1n) is 8.67. The van der Waals surface area contributed by atoms with E-state index in [-0.39, 0.29) is 12.1 Å². The molecular formula is C18H27N4O+. The van der Waals surface area contributed by atoms with E-state index < -0.39 is 0 Å². The first-order chi connectivity index (χ1) is 11.2. The second-order valence-electron chi connectivity index (χ2n) is 6.62. The van der Waals surface area contributed by atoms with Crippen LogP contribution in [0.5, 0.6) is 0 Å². The van der Waals surface area contributed by atoms with Gasteiger partial charge < -0.3 is 10.6 Å². The van der Waals surface area contributed by atoms with Crippen molar-refractivity contribution in [1.29, 1.82) is 0 Å². The second-order valence-corrected chi connectivity index (χ2v) is 6.62. The first kappa shape index (κ1) is 15.8. The number of nitrogens with two attached hydrogens (primary N) is 1. The van der Waals surface area contributed by atoms with E-state index in [2.05, 4.69) is 30.2 Å². The van der Waals surface area contributed by atoms with Gasteiger partial charge in [-0.1, -0.05) is 30.7 Å². The summed E-state index contributed by atoms with van der Waals surface area (Å²) in [5, 5.41) is 7.08. The Morgan fingerprint density at radius 3 is 3.04 bits per heavy atom. The molecule has 5 nitrogen and oxygen atoms in total. The molecule has 0 saturated carbocycles. The summed E-state index contributed by atoms with van der Waals surface area (Å²) in [4.78, 5) is 12.3. The molecule has 0 bridgehead atoms. The number of fused-ring (bicyclic) bond motifs is 2. The van der Waals surface area contributed by atoms with E-state index in [4.69, 9.17) is 5.73 Å². The van der Waals surface area contributed by atoms with E-state index in [1.165, 1.54) is 30.5 Å². The maximum atomic E-state index is 12.3. The van der Waals surface area contributed by atoms with Crippen molar-refractivity contribution < 1.29 is 4.76 Å². The predicted molar refractivity (Wildman–Crippen MR) is 92.2 cm³/mol. The highest BCUT2D eigenvalue weighted by atomic mass is 16.3. The van der Waals surface area contributed by atoms with Crippen LogP contribution in [0.1, 0.15) is 45.4 Å². The van der Waals surface area contributed by atoms with E-state index in [0.717, 1.165) is 35.4 Å². The fourth-order valence-corrected chi connectivity index (χ4v) is 3.70. The normalized spacial score (nSPS) is 26.3. The molecule has 0 saturated heterocycles. The van der Waals surface area contributed by atoms with E-state index in [1.54, 1.807) is 6.08 Å². The number of rotatable bonds is 6. The fourth-order valence-electron chi connectivity index (χ4n) is 3.70. The summed E-state index contributed by atoms with van der Waals surface area (Å²) < 4.78 is 0.956. The highest BCUT2D eigenvalue weighted by Gasteiger charge is 2.40. The second kappa shape index (κ2) is 6.60. The molecule has 4 N–H and O–H groups in total. The molecule has 124 valence electrons. The lowest BCUT2D eigenvalue weighted by molar-refractivity contribution is -0.546. The summed E-state index contributed by atoms with van der Waals surface area (Å²) in [6, 6.07) is 0.00665. The lowest BCUT2D eigenvalue weighted by Crippen LogP contribution is -2.46. The van der Waals surface area contributed by atoms with Crippen LogP contribution in [0.25, 0.3) is 0 Å². The Morgan fingerprint density at radius 1 is 1.48 bits per heavy atom. The molecule has 0 amide bonds. The van der Waals surface area contributed by atoms with Gasteiger partial charge in [-0.05, 0) is 29.3 Å². The number of nitrogens with one attached hydrogen (secondary N) is 2. The van der Waals surface area contributed by atoms with Crippen molar-refractivity contribution >= 4 is 0 Å². The Bertz CT molecular complexity index is 615. The van der Waals surface area contributed by atoms with E-state index in [0.29, 0.717) is 12.2 Å². The van der Waals surface area contributed by atoms with Crippen LogP contribution in [0.3, 0.4) is 0 Å². The lowest BCUT2D eigenvalue weighted by Gasteiger charge is -2.32. The van der Waals surface area contributed by atoms with E-state index >= 15 is 0 Å². The van der Waals surface area contributed by atoms with Crippen LogP contribution in [0, 0.1) is 4.91 Å². The van der Waals surface area contributed by atoms with Gasteiger partial charge in [0.1, 0.15) is 0 Å². The van der Waals surface area contributed by atoms with Crippen LogP contribution < -0.4 is 16.4 Å². The molecule has 3 aliphatic rings. The average Bonchev–Trinajstić information content (AvgIpc) is 2.94. The number of unbranched alkanes of at least 4 members (excludes halogenated alkanes) is 2. The molecule has 3 aliphatic heterocycles. The minimum Gasteiger partial charge on any atom is -0.380 e. The molecule has 0 aromatic carbocycles. The Morgan fingerprint density at radius 2 is 2.30 bits per heavy atom. The zero-order valence-corrected chi connectivity index (χ0v) is 13.9. The maximum Gasteiger partial charge on any atom is 0.317 e. The third-order valence-electron chi connectivity index (χ3n) is 5.00. The van der Waals surface area contributed by atoms with Gasteiger partial charge in [0.2, 0.25) is 0 Å². The fraction of sp³-hybridized carbons (Fsp3) is 0.556. The molecule has 3 heterocycles. The van der Waals surface area contributed by atoms with Crippen LogP contribution >= 0.6 is 0 Å². The van der Waals surface area contributed by atoms with Gasteiger partial charge in [-0.25, -0.2) is 0 Å². The van der Waals surface area contributed by atoms with Crippen LogP contribution in [-0.4, -0.2) is 23.4 Å². The summed E-state index contributed by atoms with van der Waals surface area (Å²) in [6.07, 6.45) is 10.2. The Kier molecular flexibility index (Phi) is 4.55. The summed E-state index contributed by atoms with van der Waals surface area (Å²) in [7, 11) is 0. The summed E-state index contributed by atoms with van der Waals surface area (Å²) in [6.45, 7) is 6.88. The smallest absolute Gasteiger partial charge is 0.317 e. The quantitative estimate of drug-likeness (QED) is 0.400. The summed E-state index contributed by atoms with van der Waals surface area (Å²) >= 11 is 0. The summed E-state index contributed by atoms with van der Waals surface area (Å²) in [5.74, 6) is 0.341. The topological polar surface area (TPSA) is 70.2 Å². The van der Waals surface area contributed by atoms with Crippen molar-refractivity contribution in [2.24, 2.45) is 5.73 Å². The molecule has 0 spiro atoms. The van der Waals surface area contributed by atoms with Gasteiger partial charge in [0.15, 0.2) is 6.04 Å². The third-order valence-corrected chi connectivity index (χ3v) is 5.00. The van der Waals surface area contributed by atoms with Crippen LogP contribution in [-0.2, 0) is 0 Å². The number of hydrogen-bond acceptors (Lipinski definition) is 4. The predicted octanol–water partition coefficient (Wildman–Crippen LogP) is 2.58. The van der Waals surface area contributed by atoms with Gasteiger partial charge in [0.05, 0.1) is 23.0 Å². The molecule has 0 aromatic heterocycles. The zero-order valence-electron chi connectivity index (χ0n) is 13.9. The minimum atomic E-state index is -0.123. The van der Waals surface area contributed by atoms with Crippen LogP contribution in [0.4, 0.5) is 0 Å². The van der Waals surface area contributed by atoms with Crippen molar-refractivity contribution in [2.45, 2.75) is 57.5 Å². The highest BCUT2D eigenvalue weighted by Crippen LogP contribution is 2.33. The van der Waals surface area contributed by atoms with E-state index in [9.17, 15) is 4.91 Å². The highest BCUT2D eigenvalue weighted by molar-refractivity contribution is 5.49. The molecule has 3 rings (SSSR count). The van der Waals surface area contributed by atoms with Crippen molar-refractivity contribution in [1.82, 2.24) is 10.6 Å². The van der Waals surface area contributed by atoms with Crippen LogP contribution in [0.2, 0.25) is 0 Å². The number of nitroso groups, excluding NO2 is 1. The van der Waals surface area contributed by atoms with Gasteiger partial charge in [-0.15, -0.1) is 6.58 Å². The standard InChI is InChI=1S/C18H27N4O/c1-3-5-6-8-12-11-20-16-10-14-15(21-17(12)16)9-13(7-4-2)22(23)18(14)19/h4,10,13,15,20-21H,2-3,5-9,11,19H2,1H3/q+1. The lowest BCUT2D eigenvalue weighted by atomic mass is 9.89. The molecule has 0 aromatic rings. The van der Waals surface area contributed by atoms with E-state index in [1.807, 2.05) is 0 Å². The van der Waals surface area contributed by atoms with Crippen molar-refractivity contribution in [2.75, 3.05) is 6.54 Å². The molecule has 5 heteroatoms. The molecule has 0 radical (unpaired) electrons. The molecule has 0 fully saturated rings. The molecular weight excluding hydrogens is 288 g/mol. The molecule has 0 aliphatic carbocycles.